The fraction of sp³-hybridized carbons (Fsp3) is 0.500. The lowest BCUT2D eigenvalue weighted by Gasteiger charge is -2.38. The first-order chi connectivity index (χ1) is 11.2. The molecule has 132 valence electrons. The molecule has 1 aromatic carbocycles. The third-order valence-electron chi connectivity index (χ3n) is 4.48. The first-order valence-corrected chi connectivity index (χ1v) is 8.19. The maximum atomic E-state index is 6.16. The lowest BCUT2D eigenvalue weighted by atomic mass is 9.98. The van der Waals surface area contributed by atoms with Gasteiger partial charge < -0.3 is 10.5 Å². The molecule has 1 fully saturated rings. The SMILES string of the molecule is COC1CCN(Cc2ccc(Cl)cc2-n2cncn2)C(CN)C1.Cl. The van der Waals surface area contributed by atoms with Gasteiger partial charge in [-0.15, -0.1) is 12.4 Å². The van der Waals surface area contributed by atoms with Gasteiger partial charge in [0, 0.05) is 37.8 Å². The highest BCUT2D eigenvalue weighted by Crippen LogP contribution is 2.25. The van der Waals surface area contributed by atoms with E-state index in [1.807, 2.05) is 12.1 Å². The van der Waals surface area contributed by atoms with Crippen LogP contribution in [0.4, 0.5) is 0 Å². The molecule has 1 aliphatic heterocycles. The maximum absolute atomic E-state index is 6.16. The van der Waals surface area contributed by atoms with E-state index in [1.165, 1.54) is 6.33 Å². The standard InChI is InChI=1S/C16H22ClN5O.ClH/c1-23-15-4-5-21(14(7-15)8-18)9-12-2-3-13(17)6-16(12)22-11-19-10-20-22;/h2-3,6,10-11,14-15H,4-5,7-9,18H2,1H3;1H. The van der Waals surface area contributed by atoms with Gasteiger partial charge in [0.2, 0.25) is 0 Å². The largest absolute Gasteiger partial charge is 0.381 e. The number of aromatic nitrogens is 3. The van der Waals surface area contributed by atoms with Gasteiger partial charge in [-0.3, -0.25) is 4.90 Å². The van der Waals surface area contributed by atoms with Crippen molar-refractivity contribution in [2.24, 2.45) is 5.73 Å². The highest BCUT2D eigenvalue weighted by Gasteiger charge is 2.28. The number of halogens is 2. The Morgan fingerprint density at radius 1 is 1.42 bits per heavy atom. The van der Waals surface area contributed by atoms with E-state index in [9.17, 15) is 0 Å². The molecule has 0 radical (unpaired) electrons. The van der Waals surface area contributed by atoms with Gasteiger partial charge >= 0.3 is 0 Å². The molecule has 3 rings (SSSR count). The quantitative estimate of drug-likeness (QED) is 0.872. The van der Waals surface area contributed by atoms with E-state index in [0.717, 1.165) is 37.2 Å². The highest BCUT2D eigenvalue weighted by atomic mass is 35.5. The Morgan fingerprint density at radius 2 is 2.25 bits per heavy atom. The van der Waals surface area contributed by atoms with Crippen LogP contribution in [0, 0.1) is 0 Å². The number of benzene rings is 1. The minimum atomic E-state index is 0. The second-order valence-electron chi connectivity index (χ2n) is 5.86. The number of rotatable bonds is 5. The van der Waals surface area contributed by atoms with Crippen LogP contribution in [0.3, 0.4) is 0 Å². The molecule has 8 heteroatoms. The molecule has 0 amide bonds. The van der Waals surface area contributed by atoms with Crippen molar-refractivity contribution in [2.75, 3.05) is 20.2 Å². The Kier molecular flexibility index (Phi) is 7.01. The van der Waals surface area contributed by atoms with Crippen molar-refractivity contribution in [3.05, 3.63) is 41.4 Å². The van der Waals surface area contributed by atoms with E-state index in [2.05, 4.69) is 21.0 Å². The zero-order valence-electron chi connectivity index (χ0n) is 13.6. The van der Waals surface area contributed by atoms with Gasteiger partial charge in [0.1, 0.15) is 12.7 Å². The van der Waals surface area contributed by atoms with Crippen molar-refractivity contribution in [1.29, 1.82) is 0 Å². The molecular weight excluding hydrogens is 349 g/mol. The summed E-state index contributed by atoms with van der Waals surface area (Å²) in [5.41, 5.74) is 8.09. The average Bonchev–Trinajstić information content (AvgIpc) is 3.11. The second-order valence-corrected chi connectivity index (χ2v) is 6.29. The Bertz CT molecular complexity index is 637. The molecule has 0 saturated carbocycles. The van der Waals surface area contributed by atoms with Gasteiger partial charge in [-0.2, -0.15) is 5.10 Å². The summed E-state index contributed by atoms with van der Waals surface area (Å²) in [6, 6.07) is 6.21. The topological polar surface area (TPSA) is 69.2 Å². The fourth-order valence-corrected chi connectivity index (χ4v) is 3.33. The molecule has 24 heavy (non-hydrogen) atoms. The average molecular weight is 372 g/mol. The molecule has 0 spiro atoms. The number of ether oxygens (including phenoxy) is 1. The van der Waals surface area contributed by atoms with Gasteiger partial charge in [-0.25, -0.2) is 9.67 Å². The summed E-state index contributed by atoms with van der Waals surface area (Å²) in [6.07, 6.45) is 5.52. The smallest absolute Gasteiger partial charge is 0.138 e. The van der Waals surface area contributed by atoms with Crippen LogP contribution in [-0.4, -0.2) is 52.0 Å². The van der Waals surface area contributed by atoms with Gasteiger partial charge in [0.25, 0.3) is 0 Å². The van der Waals surface area contributed by atoms with Crippen molar-refractivity contribution in [3.8, 4) is 5.69 Å². The molecule has 2 atom stereocenters. The normalized spacial score (nSPS) is 21.5. The summed E-state index contributed by atoms with van der Waals surface area (Å²) in [5, 5.41) is 4.92. The number of likely N-dealkylation sites (tertiary alicyclic amines) is 1. The van der Waals surface area contributed by atoms with E-state index in [1.54, 1.807) is 18.1 Å². The predicted molar refractivity (Wildman–Crippen MR) is 96.9 cm³/mol. The Morgan fingerprint density at radius 3 is 2.92 bits per heavy atom. The molecule has 2 heterocycles. The zero-order valence-corrected chi connectivity index (χ0v) is 15.2. The number of nitrogens with zero attached hydrogens (tertiary/aromatic N) is 4. The molecule has 6 nitrogen and oxygen atoms in total. The molecule has 0 aliphatic carbocycles. The van der Waals surface area contributed by atoms with Crippen LogP contribution in [-0.2, 0) is 11.3 Å². The van der Waals surface area contributed by atoms with Crippen molar-refractivity contribution in [1.82, 2.24) is 19.7 Å². The van der Waals surface area contributed by atoms with E-state index in [-0.39, 0.29) is 12.4 Å². The van der Waals surface area contributed by atoms with Crippen molar-refractivity contribution in [3.63, 3.8) is 0 Å². The number of methoxy groups -OCH3 is 1. The van der Waals surface area contributed by atoms with Gasteiger partial charge in [-0.1, -0.05) is 17.7 Å². The monoisotopic (exact) mass is 371 g/mol. The van der Waals surface area contributed by atoms with Crippen LogP contribution in [0.25, 0.3) is 5.69 Å². The van der Waals surface area contributed by atoms with Crippen molar-refractivity contribution < 1.29 is 4.74 Å². The van der Waals surface area contributed by atoms with E-state index in [4.69, 9.17) is 22.1 Å². The van der Waals surface area contributed by atoms with Gasteiger partial charge in [0.15, 0.2) is 0 Å². The van der Waals surface area contributed by atoms with Crippen molar-refractivity contribution in [2.45, 2.75) is 31.5 Å². The molecule has 1 aromatic heterocycles. The van der Waals surface area contributed by atoms with Crippen LogP contribution in [0.15, 0.2) is 30.9 Å². The summed E-state index contributed by atoms with van der Waals surface area (Å²) in [6.45, 7) is 2.41. The van der Waals surface area contributed by atoms with Crippen LogP contribution >= 0.6 is 24.0 Å². The molecule has 1 aliphatic rings. The third kappa shape index (κ3) is 4.26. The number of hydrogen-bond acceptors (Lipinski definition) is 5. The second kappa shape index (κ2) is 8.78. The Labute approximate surface area is 153 Å². The number of nitrogens with two attached hydrogens (primary N) is 1. The zero-order chi connectivity index (χ0) is 16.2. The highest BCUT2D eigenvalue weighted by molar-refractivity contribution is 6.30. The summed E-state index contributed by atoms with van der Waals surface area (Å²) in [4.78, 5) is 6.44. The van der Waals surface area contributed by atoms with Crippen LogP contribution in [0.2, 0.25) is 5.02 Å². The van der Waals surface area contributed by atoms with Gasteiger partial charge in [0.05, 0.1) is 11.8 Å². The molecule has 2 unspecified atom stereocenters. The lowest BCUT2D eigenvalue weighted by molar-refractivity contribution is 0.0102. The van der Waals surface area contributed by atoms with E-state index in [0.29, 0.717) is 23.7 Å². The number of hydrogen-bond donors (Lipinski definition) is 1. The predicted octanol–water partition coefficient (Wildman–Crippen LogP) is 2.28. The van der Waals surface area contributed by atoms with Crippen LogP contribution in [0.1, 0.15) is 18.4 Å². The lowest BCUT2D eigenvalue weighted by Crippen LogP contribution is -2.48. The molecular formula is C16H23Cl2N5O. The molecule has 0 bridgehead atoms. The first kappa shape index (κ1) is 19.1. The van der Waals surface area contributed by atoms with E-state index < -0.39 is 0 Å². The Balaban J connectivity index is 0.00000208. The molecule has 2 N–H and O–H groups in total. The summed E-state index contributed by atoms with van der Waals surface area (Å²) < 4.78 is 7.25. The summed E-state index contributed by atoms with van der Waals surface area (Å²) in [5.74, 6) is 0. The number of piperidine rings is 1. The minimum absolute atomic E-state index is 0. The minimum Gasteiger partial charge on any atom is -0.381 e. The summed E-state index contributed by atoms with van der Waals surface area (Å²) >= 11 is 6.16. The maximum Gasteiger partial charge on any atom is 0.138 e. The molecule has 1 saturated heterocycles. The van der Waals surface area contributed by atoms with Crippen LogP contribution in [0.5, 0.6) is 0 Å². The molecule has 2 aromatic rings. The summed E-state index contributed by atoms with van der Waals surface area (Å²) in [7, 11) is 1.77. The Hall–Kier alpha value is -1.18. The van der Waals surface area contributed by atoms with Crippen molar-refractivity contribution >= 4 is 24.0 Å². The van der Waals surface area contributed by atoms with Gasteiger partial charge in [-0.05, 0) is 30.5 Å². The fourth-order valence-electron chi connectivity index (χ4n) is 3.17. The van der Waals surface area contributed by atoms with E-state index >= 15 is 0 Å². The van der Waals surface area contributed by atoms with Crippen LogP contribution < -0.4 is 5.73 Å². The third-order valence-corrected chi connectivity index (χ3v) is 4.72. The first-order valence-electron chi connectivity index (χ1n) is 7.81.